The predicted octanol–water partition coefficient (Wildman–Crippen LogP) is 3.20. The molecule has 4 amide bonds. The lowest BCUT2D eigenvalue weighted by Crippen LogP contribution is -2.66. The number of carbonyl (C=O) groups excluding carboxylic acids is 3. The summed E-state index contributed by atoms with van der Waals surface area (Å²) < 4.78 is 5.48. The van der Waals surface area contributed by atoms with E-state index in [2.05, 4.69) is 17.3 Å². The van der Waals surface area contributed by atoms with E-state index in [0.717, 1.165) is 32.9 Å². The maximum absolute atomic E-state index is 14.1. The van der Waals surface area contributed by atoms with Gasteiger partial charge in [0, 0.05) is 25.4 Å². The molecule has 0 saturated carbocycles. The van der Waals surface area contributed by atoms with Crippen LogP contribution in [-0.2, 0) is 22.6 Å². The van der Waals surface area contributed by atoms with Crippen molar-refractivity contribution in [2.24, 2.45) is 0 Å². The highest BCUT2D eigenvalue weighted by Crippen LogP contribution is 2.31. The van der Waals surface area contributed by atoms with E-state index in [9.17, 15) is 14.4 Å². The maximum atomic E-state index is 14.1. The van der Waals surface area contributed by atoms with E-state index in [1.54, 1.807) is 21.1 Å². The zero-order valence-corrected chi connectivity index (χ0v) is 22.1. The number of nitrogens with zero attached hydrogens (tertiary/aromatic N) is 4. The molecule has 3 heterocycles. The molecule has 2 fully saturated rings. The molecular weight excluding hydrogens is 506 g/mol. The standard InChI is InChI=1S/C31H29N5O4/c1-3-14-34(31(39)32-2)35-20-29(37)36-26(17-21-11-12-27-23(16-21)13-15-40-27)30(38)33(19-28(35)36)18-24-9-6-8-22-7-4-5-10-25(22)24/h1,4-13,15-16,26,28H,14,17-20H2,2H3,(H,32,39)/t26-,28+/m0/s1. The fourth-order valence-electron chi connectivity index (χ4n) is 5.89. The Morgan fingerprint density at radius 2 is 1.93 bits per heavy atom. The van der Waals surface area contributed by atoms with Crippen molar-refractivity contribution in [1.29, 1.82) is 0 Å². The van der Waals surface area contributed by atoms with Gasteiger partial charge < -0.3 is 19.5 Å². The van der Waals surface area contributed by atoms with Gasteiger partial charge in [0.05, 0.1) is 25.9 Å². The topological polar surface area (TPSA) is 89.3 Å². The highest BCUT2D eigenvalue weighted by atomic mass is 16.3. The van der Waals surface area contributed by atoms with Gasteiger partial charge in [-0.15, -0.1) is 6.42 Å². The first-order valence-electron chi connectivity index (χ1n) is 13.2. The van der Waals surface area contributed by atoms with Crippen LogP contribution >= 0.6 is 0 Å². The molecule has 2 atom stereocenters. The van der Waals surface area contributed by atoms with Crippen LogP contribution in [-0.4, -0.2) is 76.6 Å². The minimum Gasteiger partial charge on any atom is -0.464 e. The number of hydrogen-bond acceptors (Lipinski definition) is 5. The number of fused-ring (bicyclic) bond motifs is 3. The van der Waals surface area contributed by atoms with Crippen molar-refractivity contribution in [1.82, 2.24) is 25.1 Å². The molecule has 6 rings (SSSR count). The molecule has 2 aliphatic heterocycles. The van der Waals surface area contributed by atoms with Crippen molar-refractivity contribution >= 4 is 39.6 Å². The van der Waals surface area contributed by atoms with Crippen LogP contribution in [0.3, 0.4) is 0 Å². The Kier molecular flexibility index (Phi) is 6.62. The second kappa shape index (κ2) is 10.4. The van der Waals surface area contributed by atoms with Crippen molar-refractivity contribution in [2.75, 3.05) is 26.7 Å². The Labute approximate surface area is 231 Å². The number of rotatable bonds is 6. The van der Waals surface area contributed by atoms with Gasteiger partial charge >= 0.3 is 6.03 Å². The van der Waals surface area contributed by atoms with Gasteiger partial charge in [0.2, 0.25) is 11.8 Å². The normalized spacial score (nSPS) is 19.2. The molecule has 2 aliphatic rings. The molecule has 0 radical (unpaired) electrons. The predicted molar refractivity (Wildman–Crippen MR) is 150 cm³/mol. The van der Waals surface area contributed by atoms with Gasteiger partial charge in [-0.2, -0.15) is 5.01 Å². The number of amides is 4. The number of piperazine rings is 1. The zero-order chi connectivity index (χ0) is 27.8. The quantitative estimate of drug-likeness (QED) is 0.383. The SMILES string of the molecule is C#CCN(C(=O)NC)N1CC(=O)N2[C@@H](Cc3ccc4occc4c3)C(=O)N(Cc3cccc4ccccc34)C[C@@H]21. The Balaban J connectivity index is 1.38. The Hall–Kier alpha value is -4.81. The minimum absolute atomic E-state index is 0.00359. The molecule has 0 unspecified atom stereocenters. The lowest BCUT2D eigenvalue weighted by Gasteiger charge is -2.46. The maximum Gasteiger partial charge on any atom is 0.332 e. The Morgan fingerprint density at radius 1 is 1.10 bits per heavy atom. The molecule has 9 nitrogen and oxygen atoms in total. The molecule has 0 spiro atoms. The van der Waals surface area contributed by atoms with Crippen LogP contribution in [0.15, 0.2) is 77.4 Å². The number of furan rings is 1. The van der Waals surface area contributed by atoms with Gasteiger partial charge in [-0.25, -0.2) is 9.80 Å². The van der Waals surface area contributed by atoms with E-state index in [0.29, 0.717) is 13.0 Å². The van der Waals surface area contributed by atoms with Crippen LogP contribution in [0.4, 0.5) is 4.79 Å². The largest absolute Gasteiger partial charge is 0.464 e. The number of hydrogen-bond donors (Lipinski definition) is 1. The summed E-state index contributed by atoms with van der Waals surface area (Å²) in [6.45, 7) is 0.560. The van der Waals surface area contributed by atoms with Crippen molar-refractivity contribution in [3.8, 4) is 12.3 Å². The third-order valence-corrected chi connectivity index (χ3v) is 7.75. The molecular formula is C31H29N5O4. The number of carbonyl (C=O) groups is 3. The van der Waals surface area contributed by atoms with Crippen LogP contribution in [0, 0.1) is 12.3 Å². The summed E-state index contributed by atoms with van der Waals surface area (Å²) in [4.78, 5) is 43.8. The van der Waals surface area contributed by atoms with Crippen LogP contribution in [0.25, 0.3) is 21.7 Å². The number of terminal acetylenes is 1. The summed E-state index contributed by atoms with van der Waals surface area (Å²) in [6, 6.07) is 20.6. The minimum atomic E-state index is -0.743. The molecule has 3 aromatic carbocycles. The highest BCUT2D eigenvalue weighted by molar-refractivity contribution is 5.92. The van der Waals surface area contributed by atoms with Gasteiger partial charge in [0.1, 0.15) is 17.8 Å². The summed E-state index contributed by atoms with van der Waals surface area (Å²) in [5.74, 6) is 2.17. The molecule has 9 heteroatoms. The summed E-state index contributed by atoms with van der Waals surface area (Å²) in [5, 5.41) is 8.77. The molecule has 1 N–H and O–H groups in total. The van der Waals surface area contributed by atoms with Gasteiger partial charge in [-0.05, 0) is 40.1 Å². The number of nitrogens with one attached hydrogen (secondary N) is 1. The molecule has 0 bridgehead atoms. The van der Waals surface area contributed by atoms with Crippen molar-refractivity contribution < 1.29 is 18.8 Å². The van der Waals surface area contributed by atoms with Crippen molar-refractivity contribution in [3.63, 3.8) is 0 Å². The van der Waals surface area contributed by atoms with Crippen LogP contribution in [0.1, 0.15) is 11.1 Å². The van der Waals surface area contributed by atoms with Crippen LogP contribution in [0.2, 0.25) is 0 Å². The lowest BCUT2D eigenvalue weighted by atomic mass is 9.98. The van der Waals surface area contributed by atoms with Gasteiger partial charge in [0.25, 0.3) is 0 Å². The summed E-state index contributed by atoms with van der Waals surface area (Å²) in [6.07, 6.45) is 7.00. The summed E-state index contributed by atoms with van der Waals surface area (Å²) in [5.41, 5.74) is 2.69. The van der Waals surface area contributed by atoms with Crippen molar-refractivity contribution in [2.45, 2.75) is 25.2 Å². The average molecular weight is 536 g/mol. The Bertz CT molecular complexity index is 1650. The fraction of sp³-hybridized carbons (Fsp3) is 0.258. The smallest absolute Gasteiger partial charge is 0.332 e. The van der Waals surface area contributed by atoms with Crippen LogP contribution in [0.5, 0.6) is 0 Å². The van der Waals surface area contributed by atoms with E-state index in [4.69, 9.17) is 10.8 Å². The lowest BCUT2D eigenvalue weighted by molar-refractivity contribution is -0.157. The molecule has 0 aliphatic carbocycles. The fourth-order valence-corrected chi connectivity index (χ4v) is 5.89. The monoisotopic (exact) mass is 535 g/mol. The molecule has 2 saturated heterocycles. The van der Waals surface area contributed by atoms with Gasteiger partial charge in [-0.1, -0.05) is 54.5 Å². The number of hydrazine groups is 1. The second-order valence-electron chi connectivity index (χ2n) is 10.1. The third-order valence-electron chi connectivity index (χ3n) is 7.75. The summed E-state index contributed by atoms with van der Waals surface area (Å²) in [7, 11) is 1.52. The molecule has 40 heavy (non-hydrogen) atoms. The molecule has 1 aromatic heterocycles. The highest BCUT2D eigenvalue weighted by Gasteiger charge is 2.52. The van der Waals surface area contributed by atoms with Crippen LogP contribution < -0.4 is 5.32 Å². The van der Waals surface area contributed by atoms with Gasteiger partial charge in [0.15, 0.2) is 0 Å². The number of urea groups is 1. The van der Waals surface area contributed by atoms with E-state index < -0.39 is 18.2 Å². The van der Waals surface area contributed by atoms with E-state index in [1.165, 1.54) is 12.1 Å². The average Bonchev–Trinajstić information content (AvgIpc) is 3.57. The van der Waals surface area contributed by atoms with E-state index >= 15 is 0 Å². The zero-order valence-electron chi connectivity index (χ0n) is 22.1. The first-order chi connectivity index (χ1) is 19.5. The van der Waals surface area contributed by atoms with Crippen molar-refractivity contribution in [3.05, 3.63) is 84.1 Å². The third kappa shape index (κ3) is 4.42. The summed E-state index contributed by atoms with van der Waals surface area (Å²) >= 11 is 0. The van der Waals surface area contributed by atoms with Gasteiger partial charge in [-0.3, -0.25) is 9.59 Å². The molecule has 202 valence electrons. The molecule has 4 aromatic rings. The first kappa shape index (κ1) is 25.5. The van der Waals surface area contributed by atoms with E-state index in [1.807, 2.05) is 60.7 Å². The Morgan fingerprint density at radius 3 is 2.75 bits per heavy atom. The number of benzene rings is 3. The first-order valence-corrected chi connectivity index (χ1v) is 13.2. The van der Waals surface area contributed by atoms with E-state index in [-0.39, 0.29) is 31.4 Å². The second-order valence-corrected chi connectivity index (χ2v) is 10.1.